The van der Waals surface area contributed by atoms with Gasteiger partial charge < -0.3 is 5.32 Å². The van der Waals surface area contributed by atoms with Crippen LogP contribution in [0.1, 0.15) is 30.9 Å². The Labute approximate surface area is 131 Å². The van der Waals surface area contributed by atoms with Gasteiger partial charge in [-0.3, -0.25) is 9.59 Å². The molecule has 0 aliphatic carbocycles. The van der Waals surface area contributed by atoms with Crippen LogP contribution in [0.15, 0.2) is 54.6 Å². The molecule has 1 amide bonds. The average Bonchev–Trinajstić information content (AvgIpc) is 2.55. The Morgan fingerprint density at radius 3 is 2.23 bits per heavy atom. The molecule has 2 aromatic rings. The van der Waals surface area contributed by atoms with Crippen LogP contribution < -0.4 is 5.32 Å². The summed E-state index contributed by atoms with van der Waals surface area (Å²) in [6, 6.07) is 17.5. The van der Waals surface area contributed by atoms with E-state index in [1.165, 1.54) is 5.56 Å². The van der Waals surface area contributed by atoms with Gasteiger partial charge in [-0.15, -0.1) is 0 Å². The van der Waals surface area contributed by atoms with Crippen LogP contribution in [0.3, 0.4) is 0 Å². The summed E-state index contributed by atoms with van der Waals surface area (Å²) in [4.78, 5) is 23.3. The summed E-state index contributed by atoms with van der Waals surface area (Å²) in [7, 11) is 0. The Balaban J connectivity index is 1.82. The van der Waals surface area contributed by atoms with Gasteiger partial charge in [0, 0.05) is 24.9 Å². The van der Waals surface area contributed by atoms with Gasteiger partial charge >= 0.3 is 0 Å². The molecule has 0 unspecified atom stereocenters. The highest BCUT2D eigenvalue weighted by molar-refractivity contribution is 5.90. The van der Waals surface area contributed by atoms with Crippen LogP contribution in [0, 0.1) is 0 Å². The van der Waals surface area contributed by atoms with E-state index in [1.54, 1.807) is 0 Å². The predicted octanol–water partition coefficient (Wildman–Crippen LogP) is 3.78. The molecule has 0 saturated heterocycles. The fourth-order valence-electron chi connectivity index (χ4n) is 2.20. The number of anilines is 1. The summed E-state index contributed by atoms with van der Waals surface area (Å²) in [5.74, 6) is 0.223. The van der Waals surface area contributed by atoms with Gasteiger partial charge in [0.15, 0.2) is 0 Å². The number of Topliss-reactive ketones (excluding diaryl/α,β-unsaturated/α-hetero) is 1. The molecule has 0 atom stereocenters. The molecule has 2 aromatic carbocycles. The molecule has 0 aromatic heterocycles. The maximum absolute atomic E-state index is 12.0. The highest BCUT2D eigenvalue weighted by Gasteiger charge is 2.05. The fraction of sp³-hybridized carbons (Fsp3) is 0.263. The Bertz CT molecular complexity index is 618. The Morgan fingerprint density at radius 1 is 0.909 bits per heavy atom. The number of rotatable bonds is 7. The van der Waals surface area contributed by atoms with Gasteiger partial charge in [0.1, 0.15) is 5.78 Å². The summed E-state index contributed by atoms with van der Waals surface area (Å²) in [6.45, 7) is 1.81. The van der Waals surface area contributed by atoms with Crippen molar-refractivity contribution in [3.8, 4) is 0 Å². The molecule has 0 aliphatic rings. The normalized spacial score (nSPS) is 10.2. The van der Waals surface area contributed by atoms with E-state index in [0.29, 0.717) is 19.3 Å². The number of hydrogen-bond donors (Lipinski definition) is 1. The van der Waals surface area contributed by atoms with Gasteiger partial charge in [0.2, 0.25) is 5.91 Å². The zero-order chi connectivity index (χ0) is 15.8. The molecule has 0 bridgehead atoms. The molecule has 2 rings (SSSR count). The molecule has 0 spiro atoms. The number of ketones is 1. The van der Waals surface area contributed by atoms with Gasteiger partial charge in [0.25, 0.3) is 0 Å². The number of benzene rings is 2. The van der Waals surface area contributed by atoms with Crippen LogP contribution in [-0.2, 0) is 22.4 Å². The van der Waals surface area contributed by atoms with E-state index in [-0.39, 0.29) is 11.7 Å². The second-order valence-electron chi connectivity index (χ2n) is 5.30. The molecule has 22 heavy (non-hydrogen) atoms. The van der Waals surface area contributed by atoms with Crippen molar-refractivity contribution in [1.29, 1.82) is 0 Å². The number of carbonyl (C=O) groups excluding carboxylic acids is 2. The molecule has 0 aliphatic heterocycles. The maximum Gasteiger partial charge on any atom is 0.224 e. The topological polar surface area (TPSA) is 46.2 Å². The van der Waals surface area contributed by atoms with Crippen molar-refractivity contribution in [2.75, 3.05) is 5.32 Å². The highest BCUT2D eigenvalue weighted by Crippen LogP contribution is 2.12. The minimum absolute atomic E-state index is 0.00770. The van der Waals surface area contributed by atoms with Crippen LogP contribution in [0.4, 0.5) is 5.69 Å². The third kappa shape index (κ3) is 5.17. The molecular weight excluding hydrogens is 274 g/mol. The number of carbonyl (C=O) groups is 2. The molecule has 3 nitrogen and oxygen atoms in total. The molecular formula is C19H21NO2. The zero-order valence-electron chi connectivity index (χ0n) is 12.8. The van der Waals surface area contributed by atoms with E-state index in [0.717, 1.165) is 17.7 Å². The smallest absolute Gasteiger partial charge is 0.224 e. The van der Waals surface area contributed by atoms with Crippen molar-refractivity contribution in [3.05, 3.63) is 65.7 Å². The first-order chi connectivity index (χ1) is 10.7. The van der Waals surface area contributed by atoms with Gasteiger partial charge in [-0.25, -0.2) is 0 Å². The van der Waals surface area contributed by atoms with Crippen molar-refractivity contribution in [2.24, 2.45) is 0 Å². The predicted molar refractivity (Wildman–Crippen MR) is 88.8 cm³/mol. The number of amides is 1. The van der Waals surface area contributed by atoms with Crippen LogP contribution in [0.2, 0.25) is 0 Å². The van der Waals surface area contributed by atoms with E-state index in [2.05, 4.69) is 5.32 Å². The lowest BCUT2D eigenvalue weighted by Crippen LogP contribution is -2.09. The molecule has 0 saturated carbocycles. The monoisotopic (exact) mass is 295 g/mol. The van der Waals surface area contributed by atoms with E-state index in [9.17, 15) is 9.59 Å². The number of aryl methyl sites for hydroxylation is 1. The van der Waals surface area contributed by atoms with Gasteiger partial charge in [0.05, 0.1) is 0 Å². The first kappa shape index (κ1) is 16.0. The average molecular weight is 295 g/mol. The third-order valence-electron chi connectivity index (χ3n) is 3.50. The summed E-state index contributed by atoms with van der Waals surface area (Å²) < 4.78 is 0. The Hall–Kier alpha value is -2.42. The van der Waals surface area contributed by atoms with Gasteiger partial charge in [-0.05, 0) is 29.7 Å². The van der Waals surface area contributed by atoms with Crippen molar-refractivity contribution < 1.29 is 9.59 Å². The second kappa shape index (κ2) is 8.13. The second-order valence-corrected chi connectivity index (χ2v) is 5.30. The number of hydrogen-bond acceptors (Lipinski definition) is 2. The van der Waals surface area contributed by atoms with Gasteiger partial charge in [-0.2, -0.15) is 0 Å². The maximum atomic E-state index is 12.0. The molecule has 0 radical (unpaired) electrons. The molecule has 0 fully saturated rings. The zero-order valence-corrected chi connectivity index (χ0v) is 12.8. The van der Waals surface area contributed by atoms with E-state index >= 15 is 0 Å². The Morgan fingerprint density at radius 2 is 1.59 bits per heavy atom. The van der Waals surface area contributed by atoms with Crippen molar-refractivity contribution >= 4 is 17.4 Å². The van der Waals surface area contributed by atoms with Crippen LogP contribution in [0.25, 0.3) is 0 Å². The summed E-state index contributed by atoms with van der Waals surface area (Å²) >= 11 is 0. The van der Waals surface area contributed by atoms with Crippen molar-refractivity contribution in [1.82, 2.24) is 0 Å². The lowest BCUT2D eigenvalue weighted by Gasteiger charge is -2.05. The third-order valence-corrected chi connectivity index (χ3v) is 3.50. The van der Waals surface area contributed by atoms with E-state index in [1.807, 2.05) is 61.5 Å². The SMILES string of the molecule is CCC(=O)Nc1ccc(CC(=O)CCc2ccccc2)cc1. The Kier molecular flexibility index (Phi) is 5.90. The lowest BCUT2D eigenvalue weighted by atomic mass is 10.0. The minimum atomic E-state index is -0.00770. The largest absolute Gasteiger partial charge is 0.326 e. The van der Waals surface area contributed by atoms with Crippen LogP contribution >= 0.6 is 0 Å². The summed E-state index contributed by atoms with van der Waals surface area (Å²) in [5, 5.41) is 2.79. The standard InChI is InChI=1S/C19H21NO2/c1-2-19(22)20-17-11-8-16(9-12-17)14-18(21)13-10-15-6-4-3-5-7-15/h3-9,11-12H,2,10,13-14H2,1H3,(H,20,22). The molecule has 3 heteroatoms. The van der Waals surface area contributed by atoms with Gasteiger partial charge in [-0.1, -0.05) is 49.4 Å². The first-order valence-electron chi connectivity index (χ1n) is 7.62. The number of nitrogens with one attached hydrogen (secondary N) is 1. The summed E-state index contributed by atoms with van der Waals surface area (Å²) in [5.41, 5.74) is 2.94. The highest BCUT2D eigenvalue weighted by atomic mass is 16.1. The van der Waals surface area contributed by atoms with E-state index in [4.69, 9.17) is 0 Å². The lowest BCUT2D eigenvalue weighted by molar-refractivity contribution is -0.118. The van der Waals surface area contributed by atoms with E-state index < -0.39 is 0 Å². The first-order valence-corrected chi connectivity index (χ1v) is 7.62. The molecule has 0 heterocycles. The van der Waals surface area contributed by atoms with Crippen molar-refractivity contribution in [2.45, 2.75) is 32.6 Å². The fourth-order valence-corrected chi connectivity index (χ4v) is 2.20. The molecule has 114 valence electrons. The van der Waals surface area contributed by atoms with Crippen LogP contribution in [0.5, 0.6) is 0 Å². The van der Waals surface area contributed by atoms with Crippen molar-refractivity contribution in [3.63, 3.8) is 0 Å². The summed E-state index contributed by atoms with van der Waals surface area (Å²) in [6.07, 6.45) is 2.23. The minimum Gasteiger partial charge on any atom is -0.326 e. The quantitative estimate of drug-likeness (QED) is 0.845. The molecule has 1 N–H and O–H groups in total. The van der Waals surface area contributed by atoms with Crippen LogP contribution in [-0.4, -0.2) is 11.7 Å².